The second-order valence-electron chi connectivity index (χ2n) is 6.56. The van der Waals surface area contributed by atoms with E-state index in [9.17, 15) is 4.79 Å². The molecule has 0 unspecified atom stereocenters. The molecule has 0 saturated heterocycles. The molecule has 0 atom stereocenters. The van der Waals surface area contributed by atoms with Crippen LogP contribution in [-0.2, 0) is 6.54 Å². The van der Waals surface area contributed by atoms with Gasteiger partial charge in [-0.15, -0.1) is 16.8 Å². The lowest BCUT2D eigenvalue weighted by atomic mass is 10.0. The van der Waals surface area contributed by atoms with E-state index in [4.69, 9.17) is 0 Å². The summed E-state index contributed by atoms with van der Waals surface area (Å²) in [5.41, 5.74) is 2.96. The summed E-state index contributed by atoms with van der Waals surface area (Å²) in [5, 5.41) is 9.33. The van der Waals surface area contributed by atoms with E-state index in [1.807, 2.05) is 65.2 Å². The van der Waals surface area contributed by atoms with Crippen molar-refractivity contribution < 1.29 is 4.79 Å². The molecule has 0 fully saturated rings. The van der Waals surface area contributed by atoms with Gasteiger partial charge in [-0.3, -0.25) is 9.36 Å². The Morgan fingerprint density at radius 1 is 1.11 bits per heavy atom. The van der Waals surface area contributed by atoms with Gasteiger partial charge in [-0.1, -0.05) is 86.3 Å². The highest BCUT2D eigenvalue weighted by atomic mass is 32.2. The zero-order chi connectivity index (χ0) is 19.2. The first-order chi connectivity index (χ1) is 13.1. The summed E-state index contributed by atoms with van der Waals surface area (Å²) in [4.78, 5) is 12.5. The fourth-order valence-electron chi connectivity index (χ4n) is 2.76. The van der Waals surface area contributed by atoms with Crippen LogP contribution in [0.25, 0.3) is 11.4 Å². The van der Waals surface area contributed by atoms with Crippen molar-refractivity contribution in [3.63, 3.8) is 0 Å². The Labute approximate surface area is 164 Å². The lowest BCUT2D eigenvalue weighted by Crippen LogP contribution is -2.05. The molecule has 4 nitrogen and oxygen atoms in total. The molecule has 3 aromatic rings. The van der Waals surface area contributed by atoms with Gasteiger partial charge in [0, 0.05) is 17.7 Å². The fourth-order valence-corrected chi connectivity index (χ4v) is 3.60. The average Bonchev–Trinajstić information content (AvgIpc) is 3.10. The van der Waals surface area contributed by atoms with Gasteiger partial charge in [0.15, 0.2) is 16.8 Å². The summed E-state index contributed by atoms with van der Waals surface area (Å²) in [6, 6.07) is 17.8. The Hall–Kier alpha value is -2.66. The van der Waals surface area contributed by atoms with Crippen molar-refractivity contribution in [2.75, 3.05) is 5.75 Å². The van der Waals surface area contributed by atoms with Gasteiger partial charge in [0.1, 0.15) is 0 Å². The van der Waals surface area contributed by atoms with Crippen molar-refractivity contribution in [1.29, 1.82) is 0 Å². The number of rotatable bonds is 8. The number of hydrogen-bond donors (Lipinski definition) is 0. The smallest absolute Gasteiger partial charge is 0.192 e. The topological polar surface area (TPSA) is 47.8 Å². The molecule has 0 saturated carbocycles. The Balaban J connectivity index is 1.74. The number of aromatic nitrogens is 3. The normalized spacial score (nSPS) is 10.9. The number of carbonyl (C=O) groups excluding carboxylic acids is 1. The molecule has 0 spiro atoms. The fraction of sp³-hybridized carbons (Fsp3) is 0.227. The molecule has 2 aromatic carbocycles. The quantitative estimate of drug-likeness (QED) is 0.306. The Morgan fingerprint density at radius 3 is 2.44 bits per heavy atom. The number of nitrogens with zero attached hydrogens (tertiary/aromatic N) is 3. The van der Waals surface area contributed by atoms with Crippen LogP contribution in [0.2, 0.25) is 0 Å². The number of thioether (sulfide) groups is 1. The van der Waals surface area contributed by atoms with E-state index in [1.54, 1.807) is 0 Å². The SMILES string of the molecule is C=CCn1c(SCC(=O)c2ccc(C(C)C)cc2)nnc1-c1ccccc1. The van der Waals surface area contributed by atoms with Gasteiger partial charge in [0.2, 0.25) is 0 Å². The first kappa shape index (κ1) is 19.1. The zero-order valence-corrected chi connectivity index (χ0v) is 16.4. The Morgan fingerprint density at radius 2 is 1.81 bits per heavy atom. The van der Waals surface area contributed by atoms with Crippen LogP contribution in [0.15, 0.2) is 72.4 Å². The number of carbonyl (C=O) groups is 1. The Bertz CT molecular complexity index is 914. The molecule has 1 aromatic heterocycles. The third-order valence-electron chi connectivity index (χ3n) is 4.29. The highest BCUT2D eigenvalue weighted by Gasteiger charge is 2.15. The standard InChI is InChI=1S/C22H23N3OS/c1-4-14-25-21(19-8-6-5-7-9-19)23-24-22(25)27-15-20(26)18-12-10-17(11-13-18)16(2)3/h4-13,16H,1,14-15H2,2-3H3. The molecular formula is C22H23N3OS. The van der Waals surface area contributed by atoms with Crippen molar-refractivity contribution in [3.05, 3.63) is 78.4 Å². The molecule has 0 aliphatic heterocycles. The molecule has 0 amide bonds. The van der Waals surface area contributed by atoms with Gasteiger partial charge in [0.05, 0.1) is 5.75 Å². The molecule has 0 aliphatic carbocycles. The van der Waals surface area contributed by atoms with Crippen LogP contribution in [0.1, 0.15) is 35.7 Å². The number of hydrogen-bond acceptors (Lipinski definition) is 4. The van der Waals surface area contributed by atoms with Crippen molar-refractivity contribution >= 4 is 17.5 Å². The van der Waals surface area contributed by atoms with Gasteiger partial charge in [-0.05, 0) is 11.5 Å². The highest BCUT2D eigenvalue weighted by molar-refractivity contribution is 7.99. The van der Waals surface area contributed by atoms with Crippen LogP contribution < -0.4 is 0 Å². The molecule has 0 N–H and O–H groups in total. The van der Waals surface area contributed by atoms with Gasteiger partial charge in [0.25, 0.3) is 0 Å². The van der Waals surface area contributed by atoms with E-state index in [1.165, 1.54) is 17.3 Å². The van der Waals surface area contributed by atoms with E-state index < -0.39 is 0 Å². The van der Waals surface area contributed by atoms with Crippen molar-refractivity contribution in [2.24, 2.45) is 0 Å². The maximum absolute atomic E-state index is 12.5. The molecule has 3 rings (SSSR count). The second-order valence-corrected chi connectivity index (χ2v) is 7.50. The summed E-state index contributed by atoms with van der Waals surface area (Å²) in [5.74, 6) is 1.65. The monoisotopic (exact) mass is 377 g/mol. The van der Waals surface area contributed by atoms with Gasteiger partial charge in [-0.2, -0.15) is 0 Å². The van der Waals surface area contributed by atoms with E-state index in [0.29, 0.717) is 18.2 Å². The summed E-state index contributed by atoms with van der Waals surface area (Å²) in [7, 11) is 0. The summed E-state index contributed by atoms with van der Waals surface area (Å²) >= 11 is 1.41. The number of Topliss-reactive ketones (excluding diaryl/α,β-unsaturated/α-hetero) is 1. The number of allylic oxidation sites excluding steroid dienone is 1. The van der Waals surface area contributed by atoms with Gasteiger partial charge < -0.3 is 0 Å². The predicted octanol–water partition coefficient (Wildman–Crippen LogP) is 5.23. The van der Waals surface area contributed by atoms with E-state index in [-0.39, 0.29) is 5.78 Å². The molecular weight excluding hydrogens is 354 g/mol. The first-order valence-electron chi connectivity index (χ1n) is 8.95. The molecule has 27 heavy (non-hydrogen) atoms. The van der Waals surface area contributed by atoms with Crippen molar-refractivity contribution in [3.8, 4) is 11.4 Å². The summed E-state index contributed by atoms with van der Waals surface area (Å²) < 4.78 is 1.99. The number of ketones is 1. The van der Waals surface area contributed by atoms with Gasteiger partial charge >= 0.3 is 0 Å². The summed E-state index contributed by atoms with van der Waals surface area (Å²) in [6.45, 7) is 8.70. The summed E-state index contributed by atoms with van der Waals surface area (Å²) in [6.07, 6.45) is 1.81. The predicted molar refractivity (Wildman–Crippen MR) is 111 cm³/mol. The minimum absolute atomic E-state index is 0.0877. The van der Waals surface area contributed by atoms with Crippen LogP contribution in [0.5, 0.6) is 0 Å². The van der Waals surface area contributed by atoms with Crippen molar-refractivity contribution in [2.45, 2.75) is 31.5 Å². The Kier molecular flexibility index (Phi) is 6.24. The largest absolute Gasteiger partial charge is 0.298 e. The number of benzene rings is 2. The molecule has 0 bridgehead atoms. The van der Waals surface area contributed by atoms with Crippen LogP contribution in [0, 0.1) is 0 Å². The van der Waals surface area contributed by atoms with Crippen LogP contribution >= 0.6 is 11.8 Å². The third-order valence-corrected chi connectivity index (χ3v) is 5.26. The lowest BCUT2D eigenvalue weighted by Gasteiger charge is -2.08. The van der Waals surface area contributed by atoms with Crippen LogP contribution in [0.3, 0.4) is 0 Å². The van der Waals surface area contributed by atoms with Crippen LogP contribution in [0.4, 0.5) is 0 Å². The van der Waals surface area contributed by atoms with E-state index >= 15 is 0 Å². The lowest BCUT2D eigenvalue weighted by molar-refractivity contribution is 0.102. The van der Waals surface area contributed by atoms with Crippen LogP contribution in [-0.4, -0.2) is 26.3 Å². The average molecular weight is 378 g/mol. The molecule has 0 radical (unpaired) electrons. The molecule has 138 valence electrons. The first-order valence-corrected chi connectivity index (χ1v) is 9.94. The van der Waals surface area contributed by atoms with Crippen molar-refractivity contribution in [1.82, 2.24) is 14.8 Å². The minimum atomic E-state index is 0.0877. The maximum Gasteiger partial charge on any atom is 0.192 e. The molecule has 5 heteroatoms. The van der Waals surface area contributed by atoms with E-state index in [2.05, 4.69) is 30.6 Å². The molecule has 0 aliphatic rings. The molecule has 1 heterocycles. The van der Waals surface area contributed by atoms with Gasteiger partial charge in [-0.25, -0.2) is 0 Å². The second kappa shape index (κ2) is 8.82. The zero-order valence-electron chi connectivity index (χ0n) is 15.6. The van der Waals surface area contributed by atoms with E-state index in [0.717, 1.165) is 22.1 Å². The third kappa shape index (κ3) is 4.55. The minimum Gasteiger partial charge on any atom is -0.298 e. The maximum atomic E-state index is 12.5. The highest BCUT2D eigenvalue weighted by Crippen LogP contribution is 2.25.